The Morgan fingerprint density at radius 1 is 1.33 bits per heavy atom. The number of halogens is 1. The Balaban J connectivity index is 2.28. The number of nitrogens with zero attached hydrogens (tertiary/aromatic N) is 1. The largest absolute Gasteiger partial charge is 0.339 e. The first-order chi connectivity index (χ1) is 7.31. The monoisotopic (exact) mass is 282 g/mol. The Bertz CT molecular complexity index is 436. The highest BCUT2D eigenvalue weighted by Gasteiger charge is 2.04. The number of rotatable bonds is 3. The molecular weight excluding hydrogens is 272 g/mol. The number of benzene rings is 1. The quantitative estimate of drug-likeness (QED) is 0.864. The Kier molecular flexibility index (Phi) is 3.49. The molecule has 0 fully saturated rings. The first-order valence-electron chi connectivity index (χ1n) is 4.73. The zero-order valence-electron chi connectivity index (χ0n) is 8.33. The Morgan fingerprint density at radius 3 is 2.60 bits per heavy atom. The summed E-state index contributed by atoms with van der Waals surface area (Å²) in [6.07, 6.45) is 1.69. The van der Waals surface area contributed by atoms with Crippen LogP contribution in [0.4, 0.5) is 0 Å². The smallest absolute Gasteiger partial charge is 0.110 e. The van der Waals surface area contributed by atoms with Crippen molar-refractivity contribution in [2.24, 2.45) is 0 Å². The second-order valence-corrected chi connectivity index (χ2v) is 5.15. The molecule has 0 saturated carbocycles. The molecule has 1 heterocycles. The van der Waals surface area contributed by atoms with Gasteiger partial charge in [-0.25, -0.2) is 4.98 Å². The van der Waals surface area contributed by atoms with E-state index in [4.69, 9.17) is 0 Å². The summed E-state index contributed by atoms with van der Waals surface area (Å²) in [5, 5.41) is 0. The molecule has 2 nitrogen and oxygen atoms in total. The number of nitrogens with one attached hydrogen (secondary N) is 1. The molecule has 1 N–H and O–H groups in total. The summed E-state index contributed by atoms with van der Waals surface area (Å²) in [4.78, 5) is 8.56. The molecule has 0 atom stereocenters. The maximum absolute atomic E-state index is 4.25. The van der Waals surface area contributed by atoms with Crippen molar-refractivity contribution in [3.63, 3.8) is 0 Å². The van der Waals surface area contributed by atoms with Crippen molar-refractivity contribution in [2.45, 2.75) is 11.8 Å². The zero-order valence-corrected chi connectivity index (χ0v) is 10.7. The van der Waals surface area contributed by atoms with E-state index in [1.165, 1.54) is 4.90 Å². The minimum Gasteiger partial charge on any atom is -0.339 e. The molecule has 78 valence electrons. The van der Waals surface area contributed by atoms with Crippen LogP contribution in [0.25, 0.3) is 11.3 Å². The average molecular weight is 283 g/mol. The number of thioether (sulfide) groups is 1. The molecule has 2 rings (SSSR count). The van der Waals surface area contributed by atoms with Crippen LogP contribution < -0.4 is 0 Å². The molecule has 0 radical (unpaired) electrons. The standard InChI is InChI=1S/C11H11BrN2S/c1-2-15-9-5-3-8(4-6-9)10-11(12)14-7-13-10/h3-7H,2H2,1H3,(H,13,14). The van der Waals surface area contributed by atoms with Crippen LogP contribution in [-0.4, -0.2) is 15.7 Å². The molecule has 0 saturated heterocycles. The molecule has 4 heteroatoms. The third-order valence-electron chi connectivity index (χ3n) is 2.03. The van der Waals surface area contributed by atoms with E-state index in [9.17, 15) is 0 Å². The second kappa shape index (κ2) is 4.86. The van der Waals surface area contributed by atoms with Gasteiger partial charge in [0.25, 0.3) is 0 Å². The lowest BCUT2D eigenvalue weighted by Crippen LogP contribution is -1.79. The maximum atomic E-state index is 4.25. The molecule has 1 aromatic heterocycles. The zero-order chi connectivity index (χ0) is 10.7. The summed E-state index contributed by atoms with van der Waals surface area (Å²) in [7, 11) is 0. The van der Waals surface area contributed by atoms with E-state index >= 15 is 0 Å². The normalized spacial score (nSPS) is 10.5. The van der Waals surface area contributed by atoms with E-state index in [0.29, 0.717) is 0 Å². The minimum absolute atomic E-state index is 0.929. The third-order valence-corrected chi connectivity index (χ3v) is 3.53. The molecule has 0 aliphatic heterocycles. The van der Waals surface area contributed by atoms with Crippen molar-refractivity contribution in [2.75, 3.05) is 5.75 Å². The highest BCUT2D eigenvalue weighted by atomic mass is 79.9. The SMILES string of the molecule is CCSc1ccc(-c2nc[nH]c2Br)cc1. The Morgan fingerprint density at radius 2 is 2.07 bits per heavy atom. The molecule has 1 aromatic carbocycles. The third kappa shape index (κ3) is 2.44. The second-order valence-electron chi connectivity index (χ2n) is 3.02. The van der Waals surface area contributed by atoms with Gasteiger partial charge in [0.1, 0.15) is 10.3 Å². The topological polar surface area (TPSA) is 28.7 Å². The van der Waals surface area contributed by atoms with Crippen LogP contribution in [0.5, 0.6) is 0 Å². The maximum Gasteiger partial charge on any atom is 0.110 e. The van der Waals surface area contributed by atoms with E-state index in [2.05, 4.69) is 57.1 Å². The van der Waals surface area contributed by atoms with Gasteiger partial charge < -0.3 is 4.98 Å². The number of imidazole rings is 1. The van der Waals surface area contributed by atoms with Gasteiger partial charge in [0.2, 0.25) is 0 Å². The number of hydrogen-bond donors (Lipinski definition) is 1. The number of aromatic nitrogens is 2. The predicted octanol–water partition coefficient (Wildman–Crippen LogP) is 3.95. The Labute approximate surface area is 102 Å². The predicted molar refractivity (Wildman–Crippen MR) is 68.1 cm³/mol. The molecule has 15 heavy (non-hydrogen) atoms. The van der Waals surface area contributed by atoms with Crippen LogP contribution in [0.15, 0.2) is 40.1 Å². The van der Waals surface area contributed by atoms with E-state index in [1.54, 1.807) is 6.33 Å². The highest BCUT2D eigenvalue weighted by Crippen LogP contribution is 2.26. The summed E-state index contributed by atoms with van der Waals surface area (Å²) in [6, 6.07) is 8.45. The first-order valence-corrected chi connectivity index (χ1v) is 6.51. The summed E-state index contributed by atoms with van der Waals surface area (Å²) >= 11 is 5.27. The van der Waals surface area contributed by atoms with Crippen LogP contribution in [0.1, 0.15) is 6.92 Å². The van der Waals surface area contributed by atoms with Gasteiger partial charge in [0.05, 0.1) is 6.33 Å². The van der Waals surface area contributed by atoms with Crippen LogP contribution in [0.2, 0.25) is 0 Å². The van der Waals surface area contributed by atoms with Gasteiger partial charge in [-0.1, -0.05) is 19.1 Å². The van der Waals surface area contributed by atoms with Crippen molar-refractivity contribution >= 4 is 27.7 Å². The van der Waals surface area contributed by atoms with Crippen molar-refractivity contribution in [1.29, 1.82) is 0 Å². The summed E-state index contributed by atoms with van der Waals surface area (Å²) in [5.74, 6) is 1.10. The molecular formula is C11H11BrN2S. The van der Waals surface area contributed by atoms with Gasteiger partial charge >= 0.3 is 0 Å². The van der Waals surface area contributed by atoms with Gasteiger partial charge in [-0.05, 0) is 33.8 Å². The van der Waals surface area contributed by atoms with Gasteiger partial charge in [-0.15, -0.1) is 11.8 Å². The lowest BCUT2D eigenvalue weighted by Gasteiger charge is -2.00. The van der Waals surface area contributed by atoms with Crippen molar-refractivity contribution < 1.29 is 0 Å². The van der Waals surface area contributed by atoms with Crippen LogP contribution in [0.3, 0.4) is 0 Å². The number of H-pyrrole nitrogens is 1. The molecule has 0 spiro atoms. The van der Waals surface area contributed by atoms with E-state index in [-0.39, 0.29) is 0 Å². The van der Waals surface area contributed by atoms with Crippen LogP contribution >= 0.6 is 27.7 Å². The average Bonchev–Trinajstić information content (AvgIpc) is 2.66. The molecule has 0 aliphatic rings. The first kappa shape index (κ1) is 10.8. The van der Waals surface area contributed by atoms with Gasteiger partial charge in [-0.3, -0.25) is 0 Å². The van der Waals surface area contributed by atoms with Crippen LogP contribution in [-0.2, 0) is 0 Å². The Hall–Kier alpha value is -0.740. The van der Waals surface area contributed by atoms with E-state index < -0.39 is 0 Å². The minimum atomic E-state index is 0.929. The van der Waals surface area contributed by atoms with Gasteiger partial charge in [0, 0.05) is 10.5 Å². The molecule has 0 bridgehead atoms. The lowest BCUT2D eigenvalue weighted by atomic mass is 10.2. The van der Waals surface area contributed by atoms with Gasteiger partial charge in [0.15, 0.2) is 0 Å². The number of hydrogen-bond acceptors (Lipinski definition) is 2. The fourth-order valence-electron chi connectivity index (χ4n) is 1.36. The molecule has 0 amide bonds. The van der Waals surface area contributed by atoms with Crippen molar-refractivity contribution in [3.05, 3.63) is 35.2 Å². The fourth-order valence-corrected chi connectivity index (χ4v) is 2.45. The highest BCUT2D eigenvalue weighted by molar-refractivity contribution is 9.10. The van der Waals surface area contributed by atoms with Crippen LogP contribution in [0, 0.1) is 0 Å². The van der Waals surface area contributed by atoms with Gasteiger partial charge in [-0.2, -0.15) is 0 Å². The summed E-state index contributed by atoms with van der Waals surface area (Å²) in [6.45, 7) is 2.16. The number of aromatic amines is 1. The lowest BCUT2D eigenvalue weighted by molar-refractivity contribution is 1.30. The molecule has 2 aromatic rings. The summed E-state index contributed by atoms with van der Waals surface area (Å²) in [5.41, 5.74) is 2.09. The molecule has 0 unspecified atom stereocenters. The van der Waals surface area contributed by atoms with Crippen molar-refractivity contribution in [1.82, 2.24) is 9.97 Å². The van der Waals surface area contributed by atoms with E-state index in [0.717, 1.165) is 21.6 Å². The molecule has 0 aliphatic carbocycles. The summed E-state index contributed by atoms with van der Waals surface area (Å²) < 4.78 is 0.929. The fraction of sp³-hybridized carbons (Fsp3) is 0.182. The van der Waals surface area contributed by atoms with Crippen molar-refractivity contribution in [3.8, 4) is 11.3 Å². The van der Waals surface area contributed by atoms with E-state index in [1.807, 2.05) is 11.8 Å².